The van der Waals surface area contributed by atoms with Gasteiger partial charge in [-0.05, 0) is 12.8 Å². The van der Waals surface area contributed by atoms with Crippen molar-refractivity contribution in [2.24, 2.45) is 5.41 Å². The van der Waals surface area contributed by atoms with Gasteiger partial charge in [0.15, 0.2) is 12.6 Å². The van der Waals surface area contributed by atoms with Gasteiger partial charge in [0.25, 0.3) is 0 Å². The molecule has 0 bridgehead atoms. The van der Waals surface area contributed by atoms with Gasteiger partial charge in [-0.1, -0.05) is 26.7 Å². The van der Waals surface area contributed by atoms with Crippen LogP contribution in [0, 0.1) is 5.41 Å². The third kappa shape index (κ3) is 6.81. The minimum Gasteiger partial charge on any atom is -0.394 e. The van der Waals surface area contributed by atoms with Crippen LogP contribution >= 0.6 is 0 Å². The molecule has 2 heterocycles. The molecule has 0 radical (unpaired) electrons. The van der Waals surface area contributed by atoms with E-state index in [0.717, 1.165) is 12.8 Å². The van der Waals surface area contributed by atoms with E-state index in [0.29, 0.717) is 12.8 Å². The Bertz CT molecular complexity index is 513. The molecule has 0 saturated carbocycles. The van der Waals surface area contributed by atoms with Gasteiger partial charge in [-0.2, -0.15) is 0 Å². The summed E-state index contributed by atoms with van der Waals surface area (Å²) in [5, 5.41) is 79.1. The van der Waals surface area contributed by atoms with Crippen LogP contribution in [0.25, 0.3) is 0 Å². The van der Waals surface area contributed by atoms with Gasteiger partial charge in [-0.15, -0.1) is 0 Å². The molecule has 0 amide bonds. The lowest BCUT2D eigenvalue weighted by Crippen LogP contribution is -2.60. The first-order valence-corrected chi connectivity index (χ1v) is 11.5. The smallest absolute Gasteiger partial charge is 0.186 e. The molecule has 2 aliphatic heterocycles. The molecule has 2 fully saturated rings. The fourth-order valence-electron chi connectivity index (χ4n) is 4.44. The SMILES string of the molecule is CCCC(CCC)(CO[C@@H]1O[C@H](CO)[C@H](O)[C@H](O)[C@H]1O)CO[C@@H]1O[C@H](CO)[C@H](O)[C@H](O)[C@H]1O. The van der Waals surface area contributed by atoms with Crippen molar-refractivity contribution in [3.8, 4) is 0 Å². The van der Waals surface area contributed by atoms with Crippen LogP contribution in [0.3, 0.4) is 0 Å². The Hall–Kier alpha value is -0.480. The summed E-state index contributed by atoms with van der Waals surface area (Å²) in [7, 11) is 0. The van der Waals surface area contributed by atoms with Crippen LogP contribution in [0.1, 0.15) is 39.5 Å². The first-order valence-electron chi connectivity index (χ1n) is 11.5. The Morgan fingerprint density at radius 2 is 0.970 bits per heavy atom. The lowest BCUT2D eigenvalue weighted by molar-refractivity contribution is -0.319. The van der Waals surface area contributed by atoms with Crippen LogP contribution in [0.2, 0.25) is 0 Å². The number of hydrogen-bond donors (Lipinski definition) is 8. The van der Waals surface area contributed by atoms with E-state index in [1.165, 1.54) is 0 Å². The predicted octanol–water partition coefficient (Wildman–Crippen LogP) is -2.79. The molecule has 0 aliphatic carbocycles. The molecule has 8 N–H and O–H groups in total. The monoisotopic (exact) mass is 484 g/mol. The zero-order valence-electron chi connectivity index (χ0n) is 19.1. The van der Waals surface area contributed by atoms with Crippen molar-refractivity contribution in [3.63, 3.8) is 0 Å². The number of aliphatic hydroxyl groups is 8. The molecule has 12 nitrogen and oxygen atoms in total. The van der Waals surface area contributed by atoms with Gasteiger partial charge < -0.3 is 59.8 Å². The third-order valence-electron chi connectivity index (χ3n) is 6.37. The second-order valence-electron chi connectivity index (χ2n) is 9.02. The van der Waals surface area contributed by atoms with Gasteiger partial charge >= 0.3 is 0 Å². The van der Waals surface area contributed by atoms with E-state index in [1.807, 2.05) is 13.8 Å². The highest BCUT2D eigenvalue weighted by Crippen LogP contribution is 2.34. The first-order chi connectivity index (χ1) is 15.6. The van der Waals surface area contributed by atoms with Crippen LogP contribution in [0.5, 0.6) is 0 Å². The summed E-state index contributed by atoms with van der Waals surface area (Å²) in [6, 6.07) is 0. The highest BCUT2D eigenvalue weighted by molar-refractivity contribution is 4.91. The molecule has 2 aliphatic rings. The zero-order valence-corrected chi connectivity index (χ0v) is 19.1. The predicted molar refractivity (Wildman–Crippen MR) is 112 cm³/mol. The van der Waals surface area contributed by atoms with Gasteiger partial charge in [-0.25, -0.2) is 0 Å². The first kappa shape index (κ1) is 28.8. The molecule has 0 unspecified atom stereocenters. The van der Waals surface area contributed by atoms with E-state index in [4.69, 9.17) is 18.9 Å². The van der Waals surface area contributed by atoms with Crippen molar-refractivity contribution in [2.45, 2.75) is 101 Å². The summed E-state index contributed by atoms with van der Waals surface area (Å²) in [6.45, 7) is 2.84. The van der Waals surface area contributed by atoms with Crippen molar-refractivity contribution in [1.29, 1.82) is 0 Å². The standard InChI is InChI=1S/C21H40O12/c1-3-5-21(6-4-2,9-30-19-17(28)15(26)13(24)11(7-22)32-19)10-31-20-18(29)16(27)14(25)12(8-23)33-20/h11-20,22-29H,3-10H2,1-2H3/t11-,12-,13+,14+,15+,16+,17-,18-,19-,20-/m1/s1. The zero-order chi connectivity index (χ0) is 24.8. The number of rotatable bonds is 12. The molecule has 0 spiro atoms. The van der Waals surface area contributed by atoms with Gasteiger partial charge in [-0.3, -0.25) is 0 Å². The van der Waals surface area contributed by atoms with E-state index >= 15 is 0 Å². The van der Waals surface area contributed by atoms with Crippen molar-refractivity contribution in [2.75, 3.05) is 26.4 Å². The number of aliphatic hydroxyl groups excluding tert-OH is 8. The lowest BCUT2D eigenvalue weighted by atomic mass is 9.80. The average Bonchev–Trinajstić information content (AvgIpc) is 2.80. The maximum absolute atomic E-state index is 10.3. The molecule has 196 valence electrons. The summed E-state index contributed by atoms with van der Waals surface area (Å²) in [5.41, 5.74) is -0.624. The Balaban J connectivity index is 2.09. The number of ether oxygens (including phenoxy) is 4. The van der Waals surface area contributed by atoms with Crippen LogP contribution in [-0.2, 0) is 18.9 Å². The van der Waals surface area contributed by atoms with E-state index in [9.17, 15) is 40.9 Å². The summed E-state index contributed by atoms with van der Waals surface area (Å²) < 4.78 is 22.4. The fraction of sp³-hybridized carbons (Fsp3) is 1.00. The molecule has 2 rings (SSSR count). The Labute approximate surface area is 193 Å². The van der Waals surface area contributed by atoms with E-state index < -0.39 is 80.0 Å². The van der Waals surface area contributed by atoms with Gasteiger partial charge in [0, 0.05) is 5.41 Å². The van der Waals surface area contributed by atoms with Gasteiger partial charge in [0.1, 0.15) is 48.8 Å². The number of hydrogen-bond acceptors (Lipinski definition) is 12. The minimum absolute atomic E-state index is 0.0226. The van der Waals surface area contributed by atoms with Gasteiger partial charge in [0.2, 0.25) is 0 Å². The van der Waals surface area contributed by atoms with Crippen molar-refractivity contribution >= 4 is 0 Å². The maximum Gasteiger partial charge on any atom is 0.186 e. The largest absolute Gasteiger partial charge is 0.394 e. The fourth-order valence-corrected chi connectivity index (χ4v) is 4.44. The van der Waals surface area contributed by atoms with Crippen LogP contribution in [0.4, 0.5) is 0 Å². The average molecular weight is 485 g/mol. The van der Waals surface area contributed by atoms with Crippen molar-refractivity contribution < 1.29 is 59.8 Å². The highest BCUT2D eigenvalue weighted by Gasteiger charge is 2.47. The van der Waals surface area contributed by atoms with Crippen LogP contribution < -0.4 is 0 Å². The van der Waals surface area contributed by atoms with Crippen LogP contribution in [0.15, 0.2) is 0 Å². The molecular weight excluding hydrogens is 444 g/mol. The summed E-state index contributed by atoms with van der Waals surface area (Å²) in [5.74, 6) is 0. The second-order valence-corrected chi connectivity index (χ2v) is 9.02. The second kappa shape index (κ2) is 13.0. The molecule has 0 aromatic rings. The summed E-state index contributed by atoms with van der Waals surface area (Å²) in [4.78, 5) is 0. The lowest BCUT2D eigenvalue weighted by Gasteiger charge is -2.43. The molecule has 10 atom stereocenters. The molecule has 12 heteroatoms. The Morgan fingerprint density at radius 3 is 1.27 bits per heavy atom. The molecule has 0 aromatic carbocycles. The molecule has 33 heavy (non-hydrogen) atoms. The topological polar surface area (TPSA) is 199 Å². The molecular formula is C21H40O12. The molecule has 0 aromatic heterocycles. The van der Waals surface area contributed by atoms with E-state index in [1.54, 1.807) is 0 Å². The summed E-state index contributed by atoms with van der Waals surface area (Å²) in [6.07, 6.45) is -11.2. The third-order valence-corrected chi connectivity index (χ3v) is 6.37. The van der Waals surface area contributed by atoms with E-state index in [2.05, 4.69) is 0 Å². The maximum atomic E-state index is 10.3. The Morgan fingerprint density at radius 1 is 0.606 bits per heavy atom. The van der Waals surface area contributed by atoms with Crippen molar-refractivity contribution in [1.82, 2.24) is 0 Å². The Kier molecular flexibility index (Phi) is 11.3. The van der Waals surface area contributed by atoms with Gasteiger partial charge in [0.05, 0.1) is 26.4 Å². The quantitative estimate of drug-likeness (QED) is 0.142. The van der Waals surface area contributed by atoms with Crippen molar-refractivity contribution in [3.05, 3.63) is 0 Å². The van der Waals surface area contributed by atoms with E-state index in [-0.39, 0.29) is 13.2 Å². The van der Waals surface area contributed by atoms with Crippen LogP contribution in [-0.4, -0.2) is 129 Å². The normalized spacial score (nSPS) is 40.2. The highest BCUT2D eigenvalue weighted by atomic mass is 16.7. The summed E-state index contributed by atoms with van der Waals surface area (Å²) >= 11 is 0. The minimum atomic E-state index is -1.56. The molecule has 2 saturated heterocycles.